The third kappa shape index (κ3) is 6.46. The first kappa shape index (κ1) is 18.4. The Morgan fingerprint density at radius 1 is 0.692 bits per heavy atom. The summed E-state index contributed by atoms with van der Waals surface area (Å²) < 4.78 is 4.22. The molecule has 2 N–H and O–H groups in total. The molecule has 0 saturated heterocycles. The van der Waals surface area contributed by atoms with Crippen molar-refractivity contribution >= 4 is 0 Å². The number of imidazole rings is 2. The van der Waals surface area contributed by atoms with E-state index in [1.165, 1.54) is 11.1 Å². The van der Waals surface area contributed by atoms with Gasteiger partial charge in [-0.25, -0.2) is 9.97 Å². The Balaban J connectivity index is 1.24. The van der Waals surface area contributed by atoms with Crippen LogP contribution in [0.15, 0.2) is 61.7 Å². The summed E-state index contributed by atoms with van der Waals surface area (Å²) in [4.78, 5) is 8.11. The van der Waals surface area contributed by atoms with Gasteiger partial charge >= 0.3 is 0 Å². The molecule has 6 nitrogen and oxygen atoms in total. The van der Waals surface area contributed by atoms with E-state index in [1.54, 1.807) is 0 Å². The largest absolute Gasteiger partial charge is 0.337 e. The van der Waals surface area contributed by atoms with E-state index in [0.717, 1.165) is 52.1 Å². The van der Waals surface area contributed by atoms with Crippen LogP contribution < -0.4 is 10.6 Å². The summed E-state index contributed by atoms with van der Waals surface area (Å²) >= 11 is 0. The van der Waals surface area contributed by atoms with Crippen LogP contribution in [0.2, 0.25) is 0 Å². The monoisotopic (exact) mass is 352 g/mol. The topological polar surface area (TPSA) is 59.7 Å². The third-order valence-corrected chi connectivity index (χ3v) is 4.34. The van der Waals surface area contributed by atoms with E-state index in [2.05, 4.69) is 54.0 Å². The van der Waals surface area contributed by atoms with Crippen molar-refractivity contribution < 1.29 is 0 Å². The predicted octanol–water partition coefficient (Wildman–Crippen LogP) is 2.44. The van der Waals surface area contributed by atoms with Crippen molar-refractivity contribution in [1.82, 2.24) is 29.7 Å². The van der Waals surface area contributed by atoms with Gasteiger partial charge in [0.05, 0.1) is 12.7 Å². The number of hydrogen-bond acceptors (Lipinski definition) is 4. The first-order valence-corrected chi connectivity index (χ1v) is 9.31. The van der Waals surface area contributed by atoms with E-state index in [1.807, 2.05) is 37.4 Å². The van der Waals surface area contributed by atoms with Crippen LogP contribution in [0.1, 0.15) is 24.0 Å². The standard InChI is InChI=1S/C20H28N6/c1(11-25-13-9-23-17-25)7-21-15-19-3-5-20(6-4-19)16-22-8-2-12-26-14-10-24-18-26/h3-6,9-10,13-14,17-18,21-22H,1-2,7-8,11-12,15-16H2. The van der Waals surface area contributed by atoms with Crippen LogP contribution in [-0.2, 0) is 26.2 Å². The van der Waals surface area contributed by atoms with Crippen LogP contribution in [0, 0.1) is 0 Å². The molecule has 3 aromatic rings. The summed E-state index contributed by atoms with van der Waals surface area (Å²) in [5, 5.41) is 7.00. The zero-order valence-electron chi connectivity index (χ0n) is 15.2. The van der Waals surface area contributed by atoms with Gasteiger partial charge in [0.2, 0.25) is 0 Å². The van der Waals surface area contributed by atoms with Gasteiger partial charge in [-0.05, 0) is 37.1 Å². The van der Waals surface area contributed by atoms with Gasteiger partial charge in [0.25, 0.3) is 0 Å². The molecule has 0 aliphatic carbocycles. The lowest BCUT2D eigenvalue weighted by Crippen LogP contribution is -2.17. The molecular formula is C20H28N6. The molecule has 0 fully saturated rings. The molecule has 0 atom stereocenters. The van der Waals surface area contributed by atoms with Crippen molar-refractivity contribution in [3.8, 4) is 0 Å². The first-order valence-electron chi connectivity index (χ1n) is 9.31. The van der Waals surface area contributed by atoms with Crippen molar-refractivity contribution in [3.63, 3.8) is 0 Å². The normalized spacial score (nSPS) is 11.1. The van der Waals surface area contributed by atoms with Crippen molar-refractivity contribution in [2.75, 3.05) is 13.1 Å². The lowest BCUT2D eigenvalue weighted by molar-refractivity contribution is 0.578. The van der Waals surface area contributed by atoms with Gasteiger partial charge in [-0.2, -0.15) is 0 Å². The summed E-state index contributed by atoms with van der Waals surface area (Å²) in [6.07, 6.45) is 13.6. The van der Waals surface area contributed by atoms with E-state index in [4.69, 9.17) is 0 Å². The summed E-state index contributed by atoms with van der Waals surface area (Å²) in [5.74, 6) is 0. The fraction of sp³-hybridized carbons (Fsp3) is 0.400. The quantitative estimate of drug-likeness (QED) is 0.492. The van der Waals surface area contributed by atoms with Crippen LogP contribution >= 0.6 is 0 Å². The number of aryl methyl sites for hydroxylation is 2. The van der Waals surface area contributed by atoms with Gasteiger partial charge in [-0.1, -0.05) is 24.3 Å². The molecule has 6 heteroatoms. The van der Waals surface area contributed by atoms with Crippen LogP contribution in [0.5, 0.6) is 0 Å². The maximum atomic E-state index is 4.05. The molecule has 0 bridgehead atoms. The summed E-state index contributed by atoms with van der Waals surface area (Å²) in [6, 6.07) is 8.85. The average Bonchev–Trinajstić information content (AvgIpc) is 3.36. The number of hydrogen-bond donors (Lipinski definition) is 2. The SMILES string of the molecule is c1cn(CCCNCc2ccc(CNCCCn3ccnc3)cc2)cn1. The van der Waals surface area contributed by atoms with Crippen LogP contribution in [0.3, 0.4) is 0 Å². The number of nitrogens with zero attached hydrogens (tertiary/aromatic N) is 4. The maximum Gasteiger partial charge on any atom is 0.0945 e. The fourth-order valence-electron chi connectivity index (χ4n) is 2.85. The molecule has 2 aromatic heterocycles. The van der Waals surface area contributed by atoms with E-state index >= 15 is 0 Å². The van der Waals surface area contributed by atoms with Crippen molar-refractivity contribution in [1.29, 1.82) is 0 Å². The second-order valence-electron chi connectivity index (χ2n) is 6.48. The van der Waals surface area contributed by atoms with Gasteiger partial charge in [0.1, 0.15) is 0 Å². The van der Waals surface area contributed by atoms with Gasteiger partial charge in [0, 0.05) is 51.0 Å². The minimum atomic E-state index is 0.919. The highest BCUT2D eigenvalue weighted by Crippen LogP contribution is 2.04. The number of aromatic nitrogens is 4. The summed E-state index contributed by atoms with van der Waals surface area (Å²) in [5.41, 5.74) is 2.66. The van der Waals surface area contributed by atoms with Crippen LogP contribution in [0.25, 0.3) is 0 Å². The molecule has 0 amide bonds. The molecule has 0 spiro atoms. The Kier molecular flexibility index (Phi) is 7.43. The van der Waals surface area contributed by atoms with E-state index in [-0.39, 0.29) is 0 Å². The number of benzene rings is 1. The van der Waals surface area contributed by atoms with E-state index < -0.39 is 0 Å². The smallest absolute Gasteiger partial charge is 0.0945 e. The summed E-state index contributed by atoms with van der Waals surface area (Å²) in [7, 11) is 0. The highest BCUT2D eigenvalue weighted by Gasteiger charge is 1.97. The first-order chi connectivity index (χ1) is 12.9. The highest BCUT2D eigenvalue weighted by molar-refractivity contribution is 5.22. The zero-order chi connectivity index (χ0) is 17.9. The molecule has 138 valence electrons. The van der Waals surface area contributed by atoms with Crippen molar-refractivity contribution in [3.05, 3.63) is 72.8 Å². The molecule has 2 heterocycles. The number of rotatable bonds is 12. The highest BCUT2D eigenvalue weighted by atomic mass is 15.0. The molecule has 1 aromatic carbocycles. The Hall–Kier alpha value is -2.44. The molecule has 0 radical (unpaired) electrons. The minimum absolute atomic E-state index is 0.919. The number of nitrogens with one attached hydrogen (secondary N) is 2. The van der Waals surface area contributed by atoms with Gasteiger partial charge in [-0.3, -0.25) is 0 Å². The lowest BCUT2D eigenvalue weighted by atomic mass is 10.1. The Morgan fingerprint density at radius 2 is 1.15 bits per heavy atom. The lowest BCUT2D eigenvalue weighted by Gasteiger charge is -2.08. The van der Waals surface area contributed by atoms with Crippen molar-refractivity contribution in [2.24, 2.45) is 0 Å². The van der Waals surface area contributed by atoms with Gasteiger partial charge in [0.15, 0.2) is 0 Å². The fourth-order valence-corrected chi connectivity index (χ4v) is 2.85. The maximum absolute atomic E-state index is 4.05. The Labute approximate surface area is 155 Å². The third-order valence-electron chi connectivity index (χ3n) is 4.34. The molecule has 0 unspecified atom stereocenters. The molecule has 26 heavy (non-hydrogen) atoms. The van der Waals surface area contributed by atoms with Gasteiger partial charge < -0.3 is 19.8 Å². The van der Waals surface area contributed by atoms with E-state index in [9.17, 15) is 0 Å². The molecule has 0 saturated carbocycles. The van der Waals surface area contributed by atoms with Crippen molar-refractivity contribution in [2.45, 2.75) is 39.0 Å². The zero-order valence-corrected chi connectivity index (χ0v) is 15.2. The van der Waals surface area contributed by atoms with E-state index in [0.29, 0.717) is 0 Å². The predicted molar refractivity (Wildman–Crippen MR) is 104 cm³/mol. The molecule has 0 aliphatic rings. The van der Waals surface area contributed by atoms with Gasteiger partial charge in [-0.15, -0.1) is 0 Å². The van der Waals surface area contributed by atoms with Crippen LogP contribution in [-0.4, -0.2) is 32.2 Å². The summed E-state index contributed by atoms with van der Waals surface area (Å²) in [6.45, 7) is 5.89. The second-order valence-corrected chi connectivity index (χ2v) is 6.48. The molecule has 3 rings (SSSR count). The average molecular weight is 352 g/mol. The Morgan fingerprint density at radius 3 is 1.54 bits per heavy atom. The van der Waals surface area contributed by atoms with Crippen LogP contribution in [0.4, 0.5) is 0 Å². The second kappa shape index (κ2) is 10.5. The Bertz CT molecular complexity index is 640. The molecular weight excluding hydrogens is 324 g/mol. The minimum Gasteiger partial charge on any atom is -0.337 e. The molecule has 0 aliphatic heterocycles.